The fourth-order valence-corrected chi connectivity index (χ4v) is 3.27. The quantitative estimate of drug-likeness (QED) is 0.584. The van der Waals surface area contributed by atoms with Crippen molar-refractivity contribution in [1.82, 2.24) is 5.32 Å². The van der Waals surface area contributed by atoms with Gasteiger partial charge in [-0.1, -0.05) is 5.57 Å². The number of hydrogen-bond acceptors (Lipinski definition) is 2. The number of carbonyl (C=O) groups is 1. The predicted octanol–water partition coefficient (Wildman–Crippen LogP) is 0.769. The van der Waals surface area contributed by atoms with Gasteiger partial charge in [0.2, 0.25) is 0 Å². The summed E-state index contributed by atoms with van der Waals surface area (Å²) >= 11 is 0. The molecule has 0 aromatic carbocycles. The molecule has 1 aliphatic heterocycles. The minimum atomic E-state index is -0.697. The molecule has 2 fully saturated rings. The van der Waals surface area contributed by atoms with Crippen LogP contribution >= 0.6 is 0 Å². The van der Waals surface area contributed by atoms with E-state index >= 15 is 0 Å². The van der Waals surface area contributed by atoms with Crippen LogP contribution in [0.25, 0.3) is 0 Å². The van der Waals surface area contributed by atoms with Crippen LogP contribution in [0.2, 0.25) is 0 Å². The van der Waals surface area contributed by atoms with Crippen molar-refractivity contribution >= 4 is 5.97 Å². The highest BCUT2D eigenvalue weighted by Gasteiger charge is 2.47. The number of aliphatic carboxylic acids is 1. The molecular formula is C10H13NO2. The standard InChI is InChI=1S/C10H13NO2/c12-10(13)9-8-6-2-1-5(3-6)7(8)4-11-9/h5,7,9,11H,1-4H2,(H,12,13). The van der Waals surface area contributed by atoms with E-state index in [1.807, 2.05) is 0 Å². The third-order valence-corrected chi connectivity index (χ3v) is 3.80. The highest BCUT2D eigenvalue weighted by molar-refractivity contribution is 5.79. The first-order valence-electron chi connectivity index (χ1n) is 4.95. The van der Waals surface area contributed by atoms with Crippen molar-refractivity contribution in [3.05, 3.63) is 11.1 Å². The largest absolute Gasteiger partial charge is 0.480 e. The van der Waals surface area contributed by atoms with Gasteiger partial charge in [-0.2, -0.15) is 0 Å². The molecular weight excluding hydrogens is 166 g/mol. The van der Waals surface area contributed by atoms with Gasteiger partial charge in [-0.3, -0.25) is 4.79 Å². The lowest BCUT2D eigenvalue weighted by Crippen LogP contribution is -2.31. The molecule has 2 N–H and O–H groups in total. The number of carboxylic acids is 1. The number of rotatable bonds is 1. The number of allylic oxidation sites excluding steroid dienone is 1. The van der Waals surface area contributed by atoms with Gasteiger partial charge in [-0.05, 0) is 36.7 Å². The normalized spacial score (nSPS) is 41.4. The molecule has 1 saturated carbocycles. The van der Waals surface area contributed by atoms with Crippen molar-refractivity contribution in [3.8, 4) is 0 Å². The Kier molecular flexibility index (Phi) is 1.37. The second kappa shape index (κ2) is 2.35. The highest BCUT2D eigenvalue weighted by atomic mass is 16.4. The zero-order chi connectivity index (χ0) is 9.00. The van der Waals surface area contributed by atoms with E-state index in [2.05, 4.69) is 5.32 Å². The zero-order valence-electron chi connectivity index (χ0n) is 7.42. The van der Waals surface area contributed by atoms with Gasteiger partial charge in [-0.15, -0.1) is 0 Å². The molecule has 0 spiro atoms. The molecule has 3 nitrogen and oxygen atoms in total. The summed E-state index contributed by atoms with van der Waals surface area (Å²) in [7, 11) is 0. The van der Waals surface area contributed by atoms with Crippen molar-refractivity contribution in [2.45, 2.75) is 25.3 Å². The third kappa shape index (κ3) is 0.854. The summed E-state index contributed by atoms with van der Waals surface area (Å²) in [6.45, 7) is 0.889. The first-order valence-corrected chi connectivity index (χ1v) is 4.95. The van der Waals surface area contributed by atoms with Crippen molar-refractivity contribution in [3.63, 3.8) is 0 Å². The first-order chi connectivity index (χ1) is 6.27. The molecule has 3 atom stereocenters. The second-order valence-corrected chi connectivity index (χ2v) is 4.35. The SMILES string of the molecule is O=C(O)C1NCC2C1=C1CCC2C1. The number of hydrogen-bond donors (Lipinski definition) is 2. The van der Waals surface area contributed by atoms with Crippen LogP contribution in [0.3, 0.4) is 0 Å². The summed E-state index contributed by atoms with van der Waals surface area (Å²) in [6.07, 6.45) is 3.63. The first kappa shape index (κ1) is 7.56. The van der Waals surface area contributed by atoms with E-state index in [0.29, 0.717) is 5.92 Å². The summed E-state index contributed by atoms with van der Waals surface area (Å²) in [5, 5.41) is 12.1. The summed E-state index contributed by atoms with van der Waals surface area (Å²) in [5.74, 6) is 0.629. The summed E-state index contributed by atoms with van der Waals surface area (Å²) in [6, 6.07) is -0.356. The number of fused-ring (bicyclic) bond motifs is 4. The smallest absolute Gasteiger partial charge is 0.325 e. The topological polar surface area (TPSA) is 49.3 Å². The Morgan fingerprint density at radius 3 is 3.15 bits per heavy atom. The zero-order valence-corrected chi connectivity index (χ0v) is 7.42. The van der Waals surface area contributed by atoms with Crippen molar-refractivity contribution in [1.29, 1.82) is 0 Å². The van der Waals surface area contributed by atoms with E-state index in [1.165, 1.54) is 24.0 Å². The average molecular weight is 179 g/mol. The van der Waals surface area contributed by atoms with E-state index < -0.39 is 5.97 Å². The lowest BCUT2D eigenvalue weighted by Gasteiger charge is -2.17. The van der Waals surface area contributed by atoms with Gasteiger partial charge in [0.1, 0.15) is 6.04 Å². The minimum absolute atomic E-state index is 0.356. The molecule has 3 unspecified atom stereocenters. The van der Waals surface area contributed by atoms with Gasteiger partial charge in [-0.25, -0.2) is 0 Å². The van der Waals surface area contributed by atoms with Gasteiger partial charge in [0, 0.05) is 6.54 Å². The fourth-order valence-electron chi connectivity index (χ4n) is 3.27. The van der Waals surface area contributed by atoms with E-state index in [4.69, 9.17) is 5.11 Å². The minimum Gasteiger partial charge on any atom is -0.480 e. The van der Waals surface area contributed by atoms with Crippen LogP contribution in [0.4, 0.5) is 0 Å². The van der Waals surface area contributed by atoms with Gasteiger partial charge >= 0.3 is 5.97 Å². The molecule has 3 rings (SSSR count). The Balaban J connectivity index is 2.01. The van der Waals surface area contributed by atoms with Crippen LogP contribution in [-0.2, 0) is 4.79 Å². The van der Waals surface area contributed by atoms with Gasteiger partial charge in [0.15, 0.2) is 0 Å². The van der Waals surface area contributed by atoms with E-state index in [0.717, 1.165) is 18.9 Å². The molecule has 1 heterocycles. The van der Waals surface area contributed by atoms with Crippen molar-refractivity contribution in [2.24, 2.45) is 11.8 Å². The van der Waals surface area contributed by atoms with Crippen LogP contribution < -0.4 is 5.32 Å². The summed E-state index contributed by atoms with van der Waals surface area (Å²) in [5.41, 5.74) is 2.69. The van der Waals surface area contributed by atoms with Crippen LogP contribution in [0, 0.1) is 11.8 Å². The molecule has 0 aromatic rings. The maximum atomic E-state index is 10.9. The Morgan fingerprint density at radius 1 is 1.54 bits per heavy atom. The molecule has 2 bridgehead atoms. The third-order valence-electron chi connectivity index (χ3n) is 3.80. The van der Waals surface area contributed by atoms with E-state index in [1.54, 1.807) is 0 Å². The van der Waals surface area contributed by atoms with E-state index in [9.17, 15) is 4.79 Å². The van der Waals surface area contributed by atoms with Gasteiger partial charge < -0.3 is 10.4 Å². The molecule has 0 amide bonds. The maximum Gasteiger partial charge on any atom is 0.325 e. The molecule has 3 aliphatic rings. The van der Waals surface area contributed by atoms with Crippen LogP contribution in [0.1, 0.15) is 19.3 Å². The van der Waals surface area contributed by atoms with Crippen LogP contribution in [0.5, 0.6) is 0 Å². The summed E-state index contributed by atoms with van der Waals surface area (Å²) in [4.78, 5) is 10.9. The van der Waals surface area contributed by atoms with Gasteiger partial charge in [0.25, 0.3) is 0 Å². The molecule has 3 heteroatoms. The Hall–Kier alpha value is -0.830. The highest BCUT2D eigenvalue weighted by Crippen LogP contribution is 2.51. The molecule has 13 heavy (non-hydrogen) atoms. The van der Waals surface area contributed by atoms with Gasteiger partial charge in [0.05, 0.1) is 0 Å². The maximum absolute atomic E-state index is 10.9. The van der Waals surface area contributed by atoms with E-state index in [-0.39, 0.29) is 6.04 Å². The second-order valence-electron chi connectivity index (χ2n) is 4.35. The molecule has 0 aromatic heterocycles. The number of nitrogens with one attached hydrogen (secondary N) is 1. The Bertz CT molecular complexity index is 308. The lowest BCUT2D eigenvalue weighted by atomic mass is 9.86. The molecule has 0 radical (unpaired) electrons. The fraction of sp³-hybridized carbons (Fsp3) is 0.700. The molecule has 2 aliphatic carbocycles. The Labute approximate surface area is 76.8 Å². The lowest BCUT2D eigenvalue weighted by molar-refractivity contribution is -0.138. The average Bonchev–Trinajstić information content (AvgIpc) is 2.76. The molecule has 70 valence electrons. The predicted molar refractivity (Wildman–Crippen MR) is 47.3 cm³/mol. The monoisotopic (exact) mass is 179 g/mol. The van der Waals surface area contributed by atoms with Crippen LogP contribution in [-0.4, -0.2) is 23.7 Å². The molecule has 1 saturated heterocycles. The number of carboxylic acid groups (broad SMARTS) is 1. The van der Waals surface area contributed by atoms with Crippen molar-refractivity contribution in [2.75, 3.05) is 6.54 Å². The summed E-state index contributed by atoms with van der Waals surface area (Å²) < 4.78 is 0. The van der Waals surface area contributed by atoms with Crippen LogP contribution in [0.15, 0.2) is 11.1 Å². The Morgan fingerprint density at radius 2 is 2.38 bits per heavy atom. The van der Waals surface area contributed by atoms with Crippen molar-refractivity contribution < 1.29 is 9.90 Å².